The molecule has 0 saturated heterocycles. The molecule has 12 rings (SSSR count). The van der Waals surface area contributed by atoms with E-state index >= 15 is 0 Å². The summed E-state index contributed by atoms with van der Waals surface area (Å²) < 4.78 is 16.5. The van der Waals surface area contributed by atoms with E-state index in [1.807, 2.05) is 12.3 Å². The van der Waals surface area contributed by atoms with Crippen molar-refractivity contribution in [2.45, 2.75) is 0 Å². The third kappa shape index (κ3) is 5.53. The first-order valence-corrected chi connectivity index (χ1v) is 20.4. The van der Waals surface area contributed by atoms with Gasteiger partial charge in [-0.3, -0.25) is 4.98 Å². The van der Waals surface area contributed by atoms with Gasteiger partial charge in [0, 0.05) is 34.9 Å². The number of anilines is 1. The highest BCUT2D eigenvalue weighted by Gasteiger charge is 2.20. The van der Waals surface area contributed by atoms with Crippen LogP contribution in [0.4, 0.5) is 10.1 Å². The van der Waals surface area contributed by atoms with Crippen molar-refractivity contribution in [3.63, 3.8) is 0 Å². The van der Waals surface area contributed by atoms with E-state index in [1.54, 1.807) is 6.07 Å². The second-order valence-corrected chi connectivity index (χ2v) is 15.7. The lowest BCUT2D eigenvalue weighted by Gasteiger charge is -2.19. The number of pyridine rings is 1. The molecule has 3 heterocycles. The molecular formula is C56H36FN3. The first-order chi connectivity index (χ1) is 29.6. The second-order valence-electron chi connectivity index (χ2n) is 15.7. The standard InChI is InChI=1S/C56H36FN3/c57-44-23-28-52-50(33-44)56-53(14-7-29-58-56)60(52)45-24-19-37(20-25-45)51-27-22-43(34-59-51)40-21-26-48-49(32-40)55(42-18-16-36-9-2-4-11-39(36)31-42)47-13-6-5-12-46(47)54(48)41-17-15-35-8-1-3-10-38(35)30-41/h1-28,30-34,58H,29H2. The Kier molecular flexibility index (Phi) is 7.79. The number of hydrogen-bond donors (Lipinski definition) is 1. The third-order valence-electron chi connectivity index (χ3n) is 12.3. The Morgan fingerprint density at radius 2 is 1.07 bits per heavy atom. The van der Waals surface area contributed by atoms with Crippen molar-refractivity contribution in [2.24, 2.45) is 0 Å². The van der Waals surface area contributed by atoms with Gasteiger partial charge in [-0.1, -0.05) is 133 Å². The lowest BCUT2D eigenvalue weighted by molar-refractivity contribution is 0.629. The van der Waals surface area contributed by atoms with Crippen LogP contribution in [0, 0.1) is 5.82 Å². The van der Waals surface area contributed by atoms with Crippen LogP contribution in [0.1, 0.15) is 5.69 Å². The monoisotopic (exact) mass is 769 g/mol. The largest absolute Gasteiger partial charge is 0.379 e. The molecule has 1 aliphatic rings. The molecule has 0 aliphatic carbocycles. The van der Waals surface area contributed by atoms with Crippen molar-refractivity contribution in [3.05, 3.63) is 206 Å². The minimum atomic E-state index is -0.239. The molecule has 2 aromatic heterocycles. The molecule has 0 saturated carbocycles. The van der Waals surface area contributed by atoms with Crippen LogP contribution in [0.3, 0.4) is 0 Å². The van der Waals surface area contributed by atoms with Crippen LogP contribution in [0.15, 0.2) is 194 Å². The van der Waals surface area contributed by atoms with E-state index in [1.165, 1.54) is 71.4 Å². The minimum Gasteiger partial charge on any atom is -0.379 e. The van der Waals surface area contributed by atoms with Crippen molar-refractivity contribution in [1.82, 2.24) is 9.55 Å². The number of fused-ring (bicyclic) bond motifs is 7. The molecular weight excluding hydrogens is 734 g/mol. The van der Waals surface area contributed by atoms with Gasteiger partial charge in [-0.05, 0) is 132 Å². The molecule has 1 aliphatic heterocycles. The van der Waals surface area contributed by atoms with E-state index in [0.29, 0.717) is 0 Å². The van der Waals surface area contributed by atoms with Gasteiger partial charge in [0.25, 0.3) is 0 Å². The van der Waals surface area contributed by atoms with E-state index in [-0.39, 0.29) is 5.82 Å². The highest BCUT2D eigenvalue weighted by Crippen LogP contribution is 2.46. The number of halogens is 1. The van der Waals surface area contributed by atoms with E-state index in [4.69, 9.17) is 4.98 Å². The zero-order chi connectivity index (χ0) is 39.7. The summed E-state index contributed by atoms with van der Waals surface area (Å²) in [7, 11) is 0. The van der Waals surface area contributed by atoms with Gasteiger partial charge in [0.15, 0.2) is 0 Å². The minimum absolute atomic E-state index is 0.239. The zero-order valence-corrected chi connectivity index (χ0v) is 32.5. The first kappa shape index (κ1) is 34.2. The number of aromatic nitrogens is 2. The summed E-state index contributed by atoms with van der Waals surface area (Å²) in [5.41, 5.74) is 12.9. The number of nitrogens with zero attached hydrogens (tertiary/aromatic N) is 2. The maximum atomic E-state index is 14.3. The second kappa shape index (κ2) is 13.6. The van der Waals surface area contributed by atoms with Gasteiger partial charge in [-0.25, -0.2) is 4.39 Å². The molecule has 282 valence electrons. The summed E-state index contributed by atoms with van der Waals surface area (Å²) in [5, 5.41) is 14.1. The van der Waals surface area contributed by atoms with Crippen LogP contribution in [-0.2, 0) is 0 Å². The number of nitrogens with one attached hydrogen (secondary N) is 1. The Bertz CT molecular complexity index is 3540. The number of benzene rings is 9. The Morgan fingerprint density at radius 1 is 0.467 bits per heavy atom. The Balaban J connectivity index is 0.977. The van der Waals surface area contributed by atoms with Gasteiger partial charge in [0.05, 0.1) is 22.6 Å². The molecule has 0 fully saturated rings. The summed E-state index contributed by atoms with van der Waals surface area (Å²) in [4.78, 5) is 5.02. The Hall–Kier alpha value is -7.82. The van der Waals surface area contributed by atoms with Crippen molar-refractivity contribution >= 4 is 65.8 Å². The number of rotatable bonds is 5. The molecule has 0 bridgehead atoms. The lowest BCUT2D eigenvalue weighted by Crippen LogP contribution is -2.05. The fourth-order valence-corrected chi connectivity index (χ4v) is 9.42. The molecule has 3 nitrogen and oxygen atoms in total. The van der Waals surface area contributed by atoms with Crippen molar-refractivity contribution in [2.75, 3.05) is 11.9 Å². The lowest BCUT2D eigenvalue weighted by atomic mass is 9.84. The SMILES string of the molecule is Fc1ccc2c(c1)c1c(n2-c2ccc(-c3ccc(-c4ccc5c(-c6ccc7ccccc7c6)c6ccccc6c(-c6ccc7ccccc7c6)c5c4)cn3)cc2)C=CCN1. The van der Waals surface area contributed by atoms with E-state index in [0.717, 1.165) is 56.9 Å². The molecule has 9 aromatic carbocycles. The van der Waals surface area contributed by atoms with Gasteiger partial charge in [-0.2, -0.15) is 0 Å². The maximum absolute atomic E-state index is 14.3. The first-order valence-electron chi connectivity index (χ1n) is 20.4. The summed E-state index contributed by atoms with van der Waals surface area (Å²) in [6.45, 7) is 0.720. The van der Waals surface area contributed by atoms with Gasteiger partial charge in [0.2, 0.25) is 0 Å². The van der Waals surface area contributed by atoms with E-state index in [9.17, 15) is 4.39 Å². The molecule has 11 aromatic rings. The molecule has 60 heavy (non-hydrogen) atoms. The predicted molar refractivity (Wildman–Crippen MR) is 250 cm³/mol. The molecule has 0 radical (unpaired) electrons. The highest BCUT2D eigenvalue weighted by atomic mass is 19.1. The average molecular weight is 770 g/mol. The van der Waals surface area contributed by atoms with Gasteiger partial charge in [-0.15, -0.1) is 0 Å². The van der Waals surface area contributed by atoms with Crippen LogP contribution >= 0.6 is 0 Å². The van der Waals surface area contributed by atoms with E-state index in [2.05, 4.69) is 186 Å². The molecule has 0 spiro atoms. The van der Waals surface area contributed by atoms with Gasteiger partial charge >= 0.3 is 0 Å². The van der Waals surface area contributed by atoms with Crippen LogP contribution in [0.2, 0.25) is 0 Å². The Morgan fingerprint density at radius 3 is 1.75 bits per heavy atom. The summed E-state index contributed by atoms with van der Waals surface area (Å²) in [5.74, 6) is -0.239. The molecule has 0 atom stereocenters. The van der Waals surface area contributed by atoms with Crippen LogP contribution in [0.5, 0.6) is 0 Å². The van der Waals surface area contributed by atoms with Crippen molar-refractivity contribution in [3.8, 4) is 50.3 Å². The quantitative estimate of drug-likeness (QED) is 0.177. The molecule has 0 amide bonds. The summed E-state index contributed by atoms with van der Waals surface area (Å²) >= 11 is 0. The van der Waals surface area contributed by atoms with Crippen LogP contribution < -0.4 is 5.32 Å². The molecule has 1 N–H and O–H groups in total. The average Bonchev–Trinajstić information content (AvgIpc) is 3.63. The normalized spacial score (nSPS) is 12.4. The van der Waals surface area contributed by atoms with Crippen molar-refractivity contribution < 1.29 is 4.39 Å². The molecule has 0 unspecified atom stereocenters. The fourth-order valence-electron chi connectivity index (χ4n) is 9.42. The third-order valence-corrected chi connectivity index (χ3v) is 12.3. The summed E-state index contributed by atoms with van der Waals surface area (Å²) in [6.07, 6.45) is 6.20. The van der Waals surface area contributed by atoms with Gasteiger partial charge in [0.1, 0.15) is 5.82 Å². The smallest absolute Gasteiger partial charge is 0.124 e. The van der Waals surface area contributed by atoms with Gasteiger partial charge < -0.3 is 9.88 Å². The topological polar surface area (TPSA) is 29.9 Å². The van der Waals surface area contributed by atoms with E-state index < -0.39 is 0 Å². The van der Waals surface area contributed by atoms with Crippen molar-refractivity contribution in [1.29, 1.82) is 0 Å². The number of hydrogen-bond acceptors (Lipinski definition) is 2. The summed E-state index contributed by atoms with van der Waals surface area (Å²) in [6, 6.07) is 64.4. The maximum Gasteiger partial charge on any atom is 0.124 e. The van der Waals surface area contributed by atoms with Crippen LogP contribution in [0.25, 0.3) is 110 Å². The predicted octanol–water partition coefficient (Wildman–Crippen LogP) is 14.9. The zero-order valence-electron chi connectivity index (χ0n) is 32.5. The highest BCUT2D eigenvalue weighted by molar-refractivity contribution is 6.22. The van der Waals surface area contributed by atoms with Crippen LogP contribution in [-0.4, -0.2) is 16.1 Å². The fraction of sp³-hybridized carbons (Fsp3) is 0.0179. The Labute approximate surface area is 346 Å². The molecule has 4 heteroatoms.